The molecule has 226 valence electrons. The quantitative estimate of drug-likeness (QED) is 0.128. The molecule has 0 aliphatic heterocycles. The van der Waals surface area contributed by atoms with Gasteiger partial charge in [-0.25, -0.2) is 0 Å². The Hall–Kier alpha value is -2.57. The van der Waals surface area contributed by atoms with Gasteiger partial charge in [-0.1, -0.05) is 101 Å². The number of amides is 1. The summed E-state index contributed by atoms with van der Waals surface area (Å²) in [5.74, 6) is 1.28. The highest BCUT2D eigenvalue weighted by atomic mass is 35.5. The van der Waals surface area contributed by atoms with E-state index in [9.17, 15) is 4.79 Å². The van der Waals surface area contributed by atoms with Gasteiger partial charge in [0.05, 0.1) is 31.1 Å². The van der Waals surface area contributed by atoms with Gasteiger partial charge in [0.25, 0.3) is 5.01 Å². The number of benzene rings is 2. The van der Waals surface area contributed by atoms with Crippen molar-refractivity contribution in [1.29, 1.82) is 0 Å². The molecule has 0 spiro atoms. The third-order valence-corrected chi connectivity index (χ3v) is 8.26. The Bertz CT molecular complexity index is 1130. The third kappa shape index (κ3) is 12.1. The van der Waals surface area contributed by atoms with E-state index < -0.39 is 0 Å². The standard InChI is InChI=1S/C34H48N2O3S.ClH/c1-4-6-7-8-9-10-11-12-13-14-15-16-25-39-33-29(18-17-19-31(33)38-3)27-32(37)35-30-22-20-28(21-23-30)34-36(5-2)24-26-40-34;/h17-24,26H,4-16,25,27H2,1-3H3;1H. The summed E-state index contributed by atoms with van der Waals surface area (Å²) in [7, 11) is 1.65. The molecule has 41 heavy (non-hydrogen) atoms. The minimum Gasteiger partial charge on any atom is -1.00 e. The fourth-order valence-electron chi connectivity index (χ4n) is 5.00. The molecule has 0 atom stereocenters. The molecule has 0 radical (unpaired) electrons. The van der Waals surface area contributed by atoms with Crippen molar-refractivity contribution in [3.8, 4) is 22.1 Å². The maximum absolute atomic E-state index is 12.9. The average Bonchev–Trinajstić information content (AvgIpc) is 3.45. The first-order valence-electron chi connectivity index (χ1n) is 15.3. The van der Waals surface area contributed by atoms with Gasteiger partial charge in [0.2, 0.25) is 5.91 Å². The number of methoxy groups -OCH3 is 1. The summed E-state index contributed by atoms with van der Waals surface area (Å²) in [6.07, 6.45) is 18.1. The van der Waals surface area contributed by atoms with E-state index in [1.54, 1.807) is 18.4 Å². The number of hydrogen-bond acceptors (Lipinski definition) is 4. The summed E-state index contributed by atoms with van der Waals surface area (Å²) in [4.78, 5) is 12.9. The summed E-state index contributed by atoms with van der Waals surface area (Å²) in [5.41, 5.74) is 2.78. The van der Waals surface area contributed by atoms with E-state index in [4.69, 9.17) is 9.47 Å². The van der Waals surface area contributed by atoms with Crippen molar-refractivity contribution in [2.24, 2.45) is 0 Å². The number of thiazole rings is 1. The Morgan fingerprint density at radius 2 is 1.49 bits per heavy atom. The maximum Gasteiger partial charge on any atom is 0.268 e. The van der Waals surface area contributed by atoms with Crippen LogP contribution in [-0.4, -0.2) is 19.6 Å². The van der Waals surface area contributed by atoms with E-state index >= 15 is 0 Å². The Morgan fingerprint density at radius 1 is 0.854 bits per heavy atom. The molecule has 0 fully saturated rings. The van der Waals surface area contributed by atoms with Crippen molar-refractivity contribution in [3.05, 3.63) is 59.6 Å². The van der Waals surface area contributed by atoms with Crippen LogP contribution in [-0.2, 0) is 17.8 Å². The number of aryl methyl sites for hydroxylation is 1. The van der Waals surface area contributed by atoms with Crippen LogP contribution in [0.15, 0.2) is 54.0 Å². The summed E-state index contributed by atoms with van der Waals surface area (Å²) >= 11 is 1.72. The zero-order chi connectivity index (χ0) is 28.4. The topological polar surface area (TPSA) is 51.4 Å². The minimum atomic E-state index is -0.0732. The number of aromatic nitrogens is 1. The van der Waals surface area contributed by atoms with Crippen molar-refractivity contribution in [3.63, 3.8) is 0 Å². The first kappa shape index (κ1) is 34.6. The van der Waals surface area contributed by atoms with Crippen molar-refractivity contribution in [2.75, 3.05) is 19.0 Å². The lowest BCUT2D eigenvalue weighted by molar-refractivity contribution is -0.678. The highest BCUT2D eigenvalue weighted by Crippen LogP contribution is 2.32. The van der Waals surface area contributed by atoms with Gasteiger partial charge in [0, 0.05) is 11.3 Å². The molecule has 0 saturated carbocycles. The molecule has 1 N–H and O–H groups in total. The van der Waals surface area contributed by atoms with Crippen LogP contribution in [0.4, 0.5) is 5.69 Å². The van der Waals surface area contributed by atoms with Crippen molar-refractivity contribution >= 4 is 22.9 Å². The van der Waals surface area contributed by atoms with Crippen LogP contribution in [0.1, 0.15) is 96.5 Å². The second-order valence-electron chi connectivity index (χ2n) is 10.5. The molecule has 3 rings (SSSR count). The highest BCUT2D eigenvalue weighted by Gasteiger charge is 2.16. The Balaban J connectivity index is 0.00000588. The third-order valence-electron chi connectivity index (χ3n) is 7.31. The largest absolute Gasteiger partial charge is 1.00 e. The summed E-state index contributed by atoms with van der Waals surface area (Å²) in [6.45, 7) is 5.98. The molecule has 0 bridgehead atoms. The number of carbonyl (C=O) groups is 1. The molecule has 0 aliphatic rings. The lowest BCUT2D eigenvalue weighted by atomic mass is 10.1. The predicted octanol–water partition coefficient (Wildman–Crippen LogP) is 6.00. The van der Waals surface area contributed by atoms with Crippen LogP contribution in [0.3, 0.4) is 0 Å². The first-order valence-corrected chi connectivity index (χ1v) is 16.2. The molecule has 1 amide bonds. The van der Waals surface area contributed by atoms with E-state index in [1.165, 1.54) is 75.6 Å². The molecule has 1 heterocycles. The van der Waals surface area contributed by atoms with Gasteiger partial charge in [-0.15, -0.1) is 0 Å². The molecule has 2 aromatic carbocycles. The number of ether oxygens (including phenoxy) is 2. The second-order valence-corrected chi connectivity index (χ2v) is 11.4. The van der Waals surface area contributed by atoms with Gasteiger partial charge in [-0.3, -0.25) is 4.79 Å². The van der Waals surface area contributed by atoms with Crippen LogP contribution in [0.5, 0.6) is 11.5 Å². The SMILES string of the molecule is CCCCCCCCCCCCCCOc1c(CC(=O)Nc2ccc(-c3scc[n+]3CC)cc2)cccc1OC.[Cl-]. The molecule has 7 heteroatoms. The number of rotatable bonds is 20. The monoisotopic (exact) mass is 600 g/mol. The van der Waals surface area contributed by atoms with Crippen LogP contribution in [0.25, 0.3) is 10.6 Å². The Morgan fingerprint density at radius 3 is 2.10 bits per heavy atom. The lowest BCUT2D eigenvalue weighted by Gasteiger charge is -2.15. The minimum absolute atomic E-state index is 0. The summed E-state index contributed by atoms with van der Waals surface area (Å²) in [6, 6.07) is 13.8. The van der Waals surface area contributed by atoms with E-state index in [1.807, 2.05) is 30.3 Å². The fourth-order valence-corrected chi connectivity index (χ4v) is 5.94. The zero-order valence-corrected chi connectivity index (χ0v) is 26.8. The number of unbranched alkanes of at least 4 members (excludes halogenated alkanes) is 11. The number of nitrogens with one attached hydrogen (secondary N) is 1. The maximum atomic E-state index is 12.9. The van der Waals surface area contributed by atoms with Gasteiger partial charge < -0.3 is 27.2 Å². The van der Waals surface area contributed by atoms with E-state index in [0.717, 1.165) is 29.8 Å². The predicted molar refractivity (Wildman–Crippen MR) is 168 cm³/mol. The number of nitrogens with zero attached hydrogens (tertiary/aromatic N) is 1. The van der Waals surface area contributed by atoms with Gasteiger partial charge in [0.15, 0.2) is 17.7 Å². The lowest BCUT2D eigenvalue weighted by Crippen LogP contribution is -3.00. The number of para-hydroxylation sites is 1. The Kier molecular flexibility index (Phi) is 17.2. The van der Waals surface area contributed by atoms with Crippen molar-refractivity contribution < 1.29 is 31.2 Å². The molecule has 1 aromatic heterocycles. The summed E-state index contributed by atoms with van der Waals surface area (Å²) in [5, 5.41) is 6.35. The van der Waals surface area contributed by atoms with Gasteiger partial charge >= 0.3 is 0 Å². The number of hydrogen-bond donors (Lipinski definition) is 1. The summed E-state index contributed by atoms with van der Waals surface area (Å²) < 4.78 is 14.0. The normalized spacial score (nSPS) is 10.7. The molecular weight excluding hydrogens is 552 g/mol. The fraction of sp³-hybridized carbons (Fsp3) is 0.529. The van der Waals surface area contributed by atoms with Crippen LogP contribution >= 0.6 is 11.3 Å². The molecular formula is C34H49ClN2O3S. The smallest absolute Gasteiger partial charge is 0.268 e. The van der Waals surface area contributed by atoms with Gasteiger partial charge in [-0.2, -0.15) is 4.57 Å². The molecule has 5 nitrogen and oxygen atoms in total. The number of carbonyl (C=O) groups excluding carboxylic acids is 1. The van der Waals surface area contributed by atoms with Crippen LogP contribution in [0.2, 0.25) is 0 Å². The number of halogens is 1. The molecule has 0 unspecified atom stereocenters. The van der Waals surface area contributed by atoms with Crippen molar-refractivity contribution in [2.45, 2.75) is 104 Å². The molecule has 0 saturated heterocycles. The molecule has 0 aliphatic carbocycles. The average molecular weight is 601 g/mol. The van der Waals surface area contributed by atoms with Gasteiger partial charge in [-0.05, 0) is 43.7 Å². The van der Waals surface area contributed by atoms with Crippen LogP contribution in [0, 0.1) is 0 Å². The van der Waals surface area contributed by atoms with E-state index in [2.05, 4.69) is 47.4 Å². The first-order chi connectivity index (χ1) is 19.7. The second kappa shape index (κ2) is 20.3. The van der Waals surface area contributed by atoms with E-state index in [0.29, 0.717) is 18.1 Å². The van der Waals surface area contributed by atoms with Crippen molar-refractivity contribution in [1.82, 2.24) is 0 Å². The highest BCUT2D eigenvalue weighted by molar-refractivity contribution is 7.12. The van der Waals surface area contributed by atoms with Crippen LogP contribution < -0.4 is 31.8 Å². The molecule has 3 aromatic rings. The Labute approximate surface area is 258 Å². The van der Waals surface area contributed by atoms with Gasteiger partial charge in [0.1, 0.15) is 6.54 Å². The number of anilines is 1. The zero-order valence-electron chi connectivity index (χ0n) is 25.3. The van der Waals surface area contributed by atoms with E-state index in [-0.39, 0.29) is 24.7 Å².